The van der Waals surface area contributed by atoms with Gasteiger partial charge in [0, 0.05) is 17.0 Å². The fourth-order valence-corrected chi connectivity index (χ4v) is 3.12. The van der Waals surface area contributed by atoms with Crippen LogP contribution in [0.15, 0.2) is 22.7 Å². The first-order valence-corrected chi connectivity index (χ1v) is 8.00. The summed E-state index contributed by atoms with van der Waals surface area (Å²) < 4.78 is 5.12. The zero-order valence-electron chi connectivity index (χ0n) is 12.8. The van der Waals surface area contributed by atoms with Gasteiger partial charge < -0.3 is 9.84 Å². The third-order valence-electron chi connectivity index (χ3n) is 3.41. The van der Waals surface area contributed by atoms with Gasteiger partial charge in [-0.05, 0) is 38.8 Å². The van der Waals surface area contributed by atoms with Crippen molar-refractivity contribution in [3.05, 3.63) is 46.3 Å². The third-order valence-corrected chi connectivity index (χ3v) is 4.37. The number of rotatable bonds is 5. The van der Waals surface area contributed by atoms with Gasteiger partial charge in [0.05, 0.1) is 11.4 Å². The van der Waals surface area contributed by atoms with Gasteiger partial charge in [-0.2, -0.15) is 0 Å². The van der Waals surface area contributed by atoms with Crippen molar-refractivity contribution in [2.75, 3.05) is 11.1 Å². The number of hydrogen-bond donors (Lipinski definition) is 1. The summed E-state index contributed by atoms with van der Waals surface area (Å²) in [5.74, 6) is 2.00. The second kappa shape index (κ2) is 6.80. The van der Waals surface area contributed by atoms with Crippen LogP contribution in [0.4, 0.5) is 5.69 Å². The minimum atomic E-state index is 0.0177. The van der Waals surface area contributed by atoms with Gasteiger partial charge in [-0.25, -0.2) is 0 Å². The molecule has 5 heteroatoms. The molecule has 0 aliphatic rings. The lowest BCUT2D eigenvalue weighted by Gasteiger charge is -2.11. The van der Waals surface area contributed by atoms with Gasteiger partial charge in [-0.3, -0.25) is 4.79 Å². The smallest absolute Gasteiger partial charge is 0.234 e. The van der Waals surface area contributed by atoms with E-state index in [0.717, 1.165) is 39.6 Å². The summed E-state index contributed by atoms with van der Waals surface area (Å²) in [6.07, 6.45) is 0. The number of thioether (sulfide) groups is 1. The minimum absolute atomic E-state index is 0.0177. The van der Waals surface area contributed by atoms with Crippen LogP contribution in [0.25, 0.3) is 0 Å². The van der Waals surface area contributed by atoms with Gasteiger partial charge in [0.2, 0.25) is 5.91 Å². The summed E-state index contributed by atoms with van der Waals surface area (Å²) >= 11 is 1.57. The number of nitrogens with one attached hydrogen (secondary N) is 1. The van der Waals surface area contributed by atoms with Crippen LogP contribution in [0.5, 0.6) is 0 Å². The summed E-state index contributed by atoms with van der Waals surface area (Å²) in [6.45, 7) is 7.81. The Morgan fingerprint density at radius 2 is 1.90 bits per heavy atom. The van der Waals surface area contributed by atoms with Gasteiger partial charge in [0.15, 0.2) is 0 Å². The number of benzene rings is 1. The quantitative estimate of drug-likeness (QED) is 0.913. The molecule has 112 valence electrons. The van der Waals surface area contributed by atoms with Crippen molar-refractivity contribution in [1.29, 1.82) is 0 Å². The van der Waals surface area contributed by atoms with E-state index in [9.17, 15) is 4.79 Å². The Labute approximate surface area is 129 Å². The standard InChI is InChI=1S/C16H20N2O2S/c1-10-6-5-7-11(2)16(10)17-15(19)9-21-8-14-12(3)18-20-13(14)4/h5-7H,8-9H2,1-4H3,(H,17,19). The first kappa shape index (κ1) is 15.6. The molecule has 0 unspecified atom stereocenters. The van der Waals surface area contributed by atoms with E-state index < -0.39 is 0 Å². The maximum atomic E-state index is 12.0. The van der Waals surface area contributed by atoms with Crippen molar-refractivity contribution in [2.24, 2.45) is 0 Å². The minimum Gasteiger partial charge on any atom is -0.361 e. The highest BCUT2D eigenvalue weighted by Gasteiger charge is 2.11. The van der Waals surface area contributed by atoms with Crippen LogP contribution in [-0.4, -0.2) is 16.8 Å². The number of anilines is 1. The molecule has 21 heavy (non-hydrogen) atoms. The van der Waals surface area contributed by atoms with E-state index in [1.807, 2.05) is 45.9 Å². The normalized spacial score (nSPS) is 10.7. The van der Waals surface area contributed by atoms with E-state index in [0.29, 0.717) is 5.75 Å². The Balaban J connectivity index is 1.88. The number of amides is 1. The van der Waals surface area contributed by atoms with Gasteiger partial charge in [-0.1, -0.05) is 23.4 Å². The second-order valence-electron chi connectivity index (χ2n) is 5.11. The van der Waals surface area contributed by atoms with Gasteiger partial charge in [0.25, 0.3) is 0 Å². The van der Waals surface area contributed by atoms with Crippen LogP contribution >= 0.6 is 11.8 Å². The second-order valence-corrected chi connectivity index (χ2v) is 6.10. The maximum Gasteiger partial charge on any atom is 0.234 e. The Morgan fingerprint density at radius 1 is 1.24 bits per heavy atom. The summed E-state index contributed by atoms with van der Waals surface area (Å²) in [6, 6.07) is 5.99. The Morgan fingerprint density at radius 3 is 2.48 bits per heavy atom. The van der Waals surface area contributed by atoms with E-state index in [-0.39, 0.29) is 5.91 Å². The van der Waals surface area contributed by atoms with Crippen molar-refractivity contribution in [1.82, 2.24) is 5.16 Å². The SMILES string of the molecule is Cc1cccc(C)c1NC(=O)CSCc1c(C)noc1C. The molecule has 0 saturated carbocycles. The van der Waals surface area contributed by atoms with Crippen LogP contribution in [0.2, 0.25) is 0 Å². The highest BCUT2D eigenvalue weighted by atomic mass is 32.2. The molecule has 2 rings (SSSR count). The fourth-order valence-electron chi connectivity index (χ4n) is 2.14. The number of aryl methyl sites for hydroxylation is 4. The molecule has 1 N–H and O–H groups in total. The van der Waals surface area contributed by atoms with E-state index in [1.165, 1.54) is 0 Å². The zero-order chi connectivity index (χ0) is 15.4. The molecule has 0 fully saturated rings. The number of para-hydroxylation sites is 1. The van der Waals surface area contributed by atoms with E-state index in [4.69, 9.17) is 4.52 Å². The molecule has 0 saturated heterocycles. The van der Waals surface area contributed by atoms with Gasteiger partial charge in [-0.15, -0.1) is 11.8 Å². The Bertz CT molecular complexity index is 610. The third kappa shape index (κ3) is 3.88. The van der Waals surface area contributed by atoms with E-state index in [1.54, 1.807) is 11.8 Å². The number of aromatic nitrogens is 1. The molecule has 0 aliphatic heterocycles. The molecular weight excluding hydrogens is 284 g/mol. The molecule has 1 aromatic heterocycles. The molecule has 0 atom stereocenters. The lowest BCUT2D eigenvalue weighted by Crippen LogP contribution is -2.16. The number of carbonyl (C=O) groups is 1. The molecular formula is C16H20N2O2S. The van der Waals surface area contributed by atoms with Crippen LogP contribution in [0.1, 0.15) is 28.1 Å². The van der Waals surface area contributed by atoms with Gasteiger partial charge in [0.1, 0.15) is 5.76 Å². The maximum absolute atomic E-state index is 12.0. The molecule has 0 radical (unpaired) electrons. The molecule has 1 heterocycles. The predicted octanol–water partition coefficient (Wildman–Crippen LogP) is 3.78. The fraction of sp³-hybridized carbons (Fsp3) is 0.375. The molecule has 1 aromatic carbocycles. The summed E-state index contributed by atoms with van der Waals surface area (Å²) in [4.78, 5) is 12.0. The first-order valence-electron chi connectivity index (χ1n) is 6.84. The molecule has 0 spiro atoms. The van der Waals surface area contributed by atoms with Crippen molar-refractivity contribution < 1.29 is 9.32 Å². The number of hydrogen-bond acceptors (Lipinski definition) is 4. The average Bonchev–Trinajstić information content (AvgIpc) is 2.75. The summed E-state index contributed by atoms with van der Waals surface area (Å²) in [7, 11) is 0. The van der Waals surface area contributed by atoms with Gasteiger partial charge >= 0.3 is 0 Å². The summed E-state index contributed by atoms with van der Waals surface area (Å²) in [5.41, 5.74) is 5.06. The molecule has 4 nitrogen and oxygen atoms in total. The largest absolute Gasteiger partial charge is 0.361 e. The summed E-state index contributed by atoms with van der Waals surface area (Å²) in [5, 5.41) is 6.90. The monoisotopic (exact) mass is 304 g/mol. The number of carbonyl (C=O) groups excluding carboxylic acids is 1. The highest BCUT2D eigenvalue weighted by Crippen LogP contribution is 2.22. The lowest BCUT2D eigenvalue weighted by atomic mass is 10.1. The Kier molecular flexibility index (Phi) is 5.07. The molecule has 0 aliphatic carbocycles. The van der Waals surface area contributed by atoms with Crippen LogP contribution < -0.4 is 5.32 Å². The topological polar surface area (TPSA) is 55.1 Å². The molecule has 0 bridgehead atoms. The van der Waals surface area contributed by atoms with Crippen LogP contribution in [0.3, 0.4) is 0 Å². The zero-order valence-corrected chi connectivity index (χ0v) is 13.6. The first-order chi connectivity index (χ1) is 9.99. The van der Waals surface area contributed by atoms with E-state index >= 15 is 0 Å². The highest BCUT2D eigenvalue weighted by molar-refractivity contribution is 7.99. The lowest BCUT2D eigenvalue weighted by molar-refractivity contribution is -0.113. The van der Waals surface area contributed by atoms with Crippen LogP contribution in [-0.2, 0) is 10.5 Å². The average molecular weight is 304 g/mol. The number of nitrogens with zero attached hydrogens (tertiary/aromatic N) is 1. The van der Waals surface area contributed by atoms with E-state index in [2.05, 4.69) is 10.5 Å². The molecule has 1 amide bonds. The predicted molar refractivity (Wildman–Crippen MR) is 86.7 cm³/mol. The van der Waals surface area contributed by atoms with Crippen molar-refractivity contribution in [2.45, 2.75) is 33.4 Å². The van der Waals surface area contributed by atoms with Crippen molar-refractivity contribution in [3.8, 4) is 0 Å². The van der Waals surface area contributed by atoms with Crippen molar-refractivity contribution in [3.63, 3.8) is 0 Å². The van der Waals surface area contributed by atoms with Crippen molar-refractivity contribution >= 4 is 23.4 Å². The molecule has 2 aromatic rings. The van der Waals surface area contributed by atoms with Crippen LogP contribution in [0, 0.1) is 27.7 Å². The Hall–Kier alpha value is -1.75.